The van der Waals surface area contributed by atoms with Crippen molar-refractivity contribution in [3.8, 4) is 0 Å². The van der Waals surface area contributed by atoms with Crippen molar-refractivity contribution in [3.63, 3.8) is 0 Å². The Balaban J connectivity index is 1.75. The van der Waals surface area contributed by atoms with Gasteiger partial charge in [0.15, 0.2) is 0 Å². The van der Waals surface area contributed by atoms with E-state index in [1.165, 1.54) is 0 Å². The van der Waals surface area contributed by atoms with E-state index in [1.54, 1.807) is 4.90 Å². The largest absolute Gasteiger partial charge is 0.335 e. The fourth-order valence-corrected chi connectivity index (χ4v) is 2.77. The normalized spacial score (nSPS) is 20.2. The highest BCUT2D eigenvalue weighted by Crippen LogP contribution is 2.21. The zero-order chi connectivity index (χ0) is 16.9. The number of rotatable bonds is 3. The first-order valence-electron chi connectivity index (χ1n) is 7.91. The first kappa shape index (κ1) is 15.9. The van der Waals surface area contributed by atoms with Crippen LogP contribution >= 0.6 is 0 Å². The maximum absolute atomic E-state index is 12.4. The van der Waals surface area contributed by atoms with Crippen molar-refractivity contribution in [2.24, 2.45) is 0 Å². The Bertz CT molecular complexity index is 705. The second-order valence-electron chi connectivity index (χ2n) is 5.77. The lowest BCUT2D eigenvalue weighted by Gasteiger charge is -2.39. The van der Waals surface area contributed by atoms with Gasteiger partial charge in [-0.25, -0.2) is 9.59 Å². The second kappa shape index (κ2) is 7.04. The molecule has 24 heavy (non-hydrogen) atoms. The molecule has 0 bridgehead atoms. The monoisotopic (exact) mass is 324 g/mol. The Morgan fingerprint density at radius 3 is 2.38 bits per heavy atom. The molecule has 0 radical (unpaired) electrons. The van der Waals surface area contributed by atoms with Crippen molar-refractivity contribution < 1.29 is 9.59 Å². The Labute approximate surface area is 140 Å². The molecule has 1 aliphatic rings. The van der Waals surface area contributed by atoms with Gasteiger partial charge in [-0.05, 0) is 31.2 Å². The van der Waals surface area contributed by atoms with Crippen LogP contribution in [0.25, 0.3) is 0 Å². The summed E-state index contributed by atoms with van der Waals surface area (Å²) in [6.07, 6.45) is 0.197. The number of carbonyl (C=O) groups excluding carboxylic acids is 2. The van der Waals surface area contributed by atoms with E-state index in [4.69, 9.17) is 0 Å². The van der Waals surface area contributed by atoms with E-state index in [0.717, 1.165) is 5.69 Å². The highest BCUT2D eigenvalue weighted by atomic mass is 16.2. The molecule has 2 atom stereocenters. The molecule has 6 nitrogen and oxygen atoms in total. The third-order valence-electron chi connectivity index (χ3n) is 3.84. The summed E-state index contributed by atoms with van der Waals surface area (Å²) in [5.74, 6) is 0. The molecule has 1 aliphatic heterocycles. The number of para-hydroxylation sites is 2. The molecule has 1 saturated heterocycles. The number of benzene rings is 2. The van der Waals surface area contributed by atoms with Gasteiger partial charge < -0.3 is 16.0 Å². The number of carbonyl (C=O) groups is 2. The van der Waals surface area contributed by atoms with Crippen LogP contribution in [0.2, 0.25) is 0 Å². The van der Waals surface area contributed by atoms with Crippen LogP contribution in [0, 0.1) is 0 Å². The number of nitrogens with zero attached hydrogens (tertiary/aromatic N) is 1. The molecule has 3 rings (SSSR count). The van der Waals surface area contributed by atoms with Crippen molar-refractivity contribution in [2.75, 3.05) is 10.2 Å². The van der Waals surface area contributed by atoms with Gasteiger partial charge in [0.1, 0.15) is 6.17 Å². The van der Waals surface area contributed by atoms with Crippen LogP contribution in [0.1, 0.15) is 13.3 Å². The molecule has 2 aromatic carbocycles. The van der Waals surface area contributed by atoms with Crippen LogP contribution in [-0.4, -0.2) is 24.3 Å². The first-order valence-corrected chi connectivity index (χ1v) is 7.91. The molecule has 124 valence electrons. The van der Waals surface area contributed by atoms with Gasteiger partial charge in [0.05, 0.1) is 0 Å². The van der Waals surface area contributed by atoms with Gasteiger partial charge in [-0.3, -0.25) is 4.90 Å². The second-order valence-corrected chi connectivity index (χ2v) is 5.77. The van der Waals surface area contributed by atoms with E-state index in [0.29, 0.717) is 12.1 Å². The number of nitrogens with one attached hydrogen (secondary N) is 3. The molecule has 0 spiro atoms. The third-order valence-corrected chi connectivity index (χ3v) is 3.84. The Kier molecular flexibility index (Phi) is 4.65. The predicted molar refractivity (Wildman–Crippen MR) is 93.9 cm³/mol. The standard InChI is InChI=1S/C18H20N4O2/c1-13-12-16(21-17(23)20-14-8-4-2-5-9-14)22(18(24)19-13)15-10-6-3-7-11-15/h2-11,13,16H,12H2,1H3,(H,19,24)(H2,20,21,23)/t13-,16-/m0/s1. The molecule has 2 aromatic rings. The maximum atomic E-state index is 12.4. The fourth-order valence-electron chi connectivity index (χ4n) is 2.77. The number of hydrogen-bond acceptors (Lipinski definition) is 2. The number of anilines is 2. The Hall–Kier alpha value is -3.02. The molecule has 4 amide bonds. The van der Waals surface area contributed by atoms with Crippen molar-refractivity contribution in [1.82, 2.24) is 10.6 Å². The smallest absolute Gasteiger partial charge is 0.323 e. The summed E-state index contributed by atoms with van der Waals surface area (Å²) in [7, 11) is 0. The predicted octanol–water partition coefficient (Wildman–Crippen LogP) is 3.14. The van der Waals surface area contributed by atoms with Crippen molar-refractivity contribution in [1.29, 1.82) is 0 Å². The summed E-state index contributed by atoms with van der Waals surface area (Å²) in [4.78, 5) is 26.3. The van der Waals surface area contributed by atoms with Crippen LogP contribution in [0.15, 0.2) is 60.7 Å². The van der Waals surface area contributed by atoms with Gasteiger partial charge in [0.25, 0.3) is 0 Å². The molecule has 0 aliphatic carbocycles. The van der Waals surface area contributed by atoms with E-state index in [2.05, 4.69) is 16.0 Å². The number of amides is 4. The van der Waals surface area contributed by atoms with Crippen molar-refractivity contribution in [3.05, 3.63) is 60.7 Å². The SMILES string of the molecule is C[C@H]1C[C@@H](NC(=O)Nc2ccccc2)N(c2ccccc2)C(=O)N1. The third kappa shape index (κ3) is 3.65. The molecule has 6 heteroatoms. The lowest BCUT2D eigenvalue weighted by molar-refractivity contribution is 0.223. The average molecular weight is 324 g/mol. The number of hydrogen-bond donors (Lipinski definition) is 3. The lowest BCUT2D eigenvalue weighted by Crippen LogP contribution is -2.62. The van der Waals surface area contributed by atoms with E-state index in [9.17, 15) is 9.59 Å². The molecular weight excluding hydrogens is 304 g/mol. The zero-order valence-electron chi connectivity index (χ0n) is 13.4. The van der Waals surface area contributed by atoms with Gasteiger partial charge in [-0.1, -0.05) is 36.4 Å². The summed E-state index contributed by atoms with van der Waals surface area (Å²) in [6.45, 7) is 1.92. The first-order chi connectivity index (χ1) is 11.6. The van der Waals surface area contributed by atoms with Crippen LogP contribution < -0.4 is 20.9 Å². The molecule has 0 saturated carbocycles. The topological polar surface area (TPSA) is 73.5 Å². The van der Waals surface area contributed by atoms with Gasteiger partial charge in [-0.15, -0.1) is 0 Å². The highest BCUT2D eigenvalue weighted by molar-refractivity contribution is 5.95. The summed E-state index contributed by atoms with van der Waals surface area (Å²) >= 11 is 0. The minimum absolute atomic E-state index is 0.0144. The number of urea groups is 2. The molecule has 1 heterocycles. The summed E-state index contributed by atoms with van der Waals surface area (Å²) in [5.41, 5.74) is 1.45. The summed E-state index contributed by atoms with van der Waals surface area (Å²) in [5, 5.41) is 8.57. The van der Waals surface area contributed by atoms with Crippen LogP contribution in [-0.2, 0) is 0 Å². The van der Waals surface area contributed by atoms with Gasteiger partial charge in [0.2, 0.25) is 0 Å². The Morgan fingerprint density at radius 1 is 1.08 bits per heavy atom. The van der Waals surface area contributed by atoms with E-state index < -0.39 is 6.17 Å². The zero-order valence-corrected chi connectivity index (χ0v) is 13.4. The highest BCUT2D eigenvalue weighted by Gasteiger charge is 2.33. The minimum atomic E-state index is -0.417. The van der Waals surface area contributed by atoms with E-state index >= 15 is 0 Å². The Morgan fingerprint density at radius 2 is 1.71 bits per heavy atom. The van der Waals surface area contributed by atoms with E-state index in [-0.39, 0.29) is 18.1 Å². The molecular formula is C18H20N4O2. The van der Waals surface area contributed by atoms with Crippen LogP contribution in [0.3, 0.4) is 0 Å². The molecule has 0 unspecified atom stereocenters. The molecule has 0 aromatic heterocycles. The molecule has 3 N–H and O–H groups in total. The quantitative estimate of drug-likeness (QED) is 0.811. The van der Waals surface area contributed by atoms with Gasteiger partial charge in [-0.2, -0.15) is 0 Å². The maximum Gasteiger partial charge on any atom is 0.323 e. The van der Waals surface area contributed by atoms with Gasteiger partial charge >= 0.3 is 12.1 Å². The van der Waals surface area contributed by atoms with Gasteiger partial charge in [0, 0.05) is 23.8 Å². The summed E-state index contributed by atoms with van der Waals surface area (Å²) < 4.78 is 0. The van der Waals surface area contributed by atoms with E-state index in [1.807, 2.05) is 67.6 Å². The fraction of sp³-hybridized carbons (Fsp3) is 0.222. The lowest BCUT2D eigenvalue weighted by atomic mass is 10.1. The average Bonchev–Trinajstić information content (AvgIpc) is 2.56. The minimum Gasteiger partial charge on any atom is -0.335 e. The van der Waals surface area contributed by atoms with Crippen LogP contribution in [0.4, 0.5) is 21.0 Å². The van der Waals surface area contributed by atoms with Crippen molar-refractivity contribution >= 4 is 23.4 Å². The van der Waals surface area contributed by atoms with Crippen LogP contribution in [0.5, 0.6) is 0 Å². The van der Waals surface area contributed by atoms with Crippen molar-refractivity contribution in [2.45, 2.75) is 25.6 Å². The summed E-state index contributed by atoms with van der Waals surface area (Å²) in [6, 6.07) is 17.9. The molecule has 1 fully saturated rings.